The van der Waals surface area contributed by atoms with E-state index in [0.29, 0.717) is 27.4 Å². The van der Waals surface area contributed by atoms with Gasteiger partial charge in [-0.3, -0.25) is 9.69 Å². The molecular weight excluding hydrogens is 406 g/mol. The lowest BCUT2D eigenvalue weighted by molar-refractivity contribution is -0.122. The molecule has 0 unspecified atom stereocenters. The Balaban J connectivity index is 1.60. The van der Waals surface area contributed by atoms with Crippen LogP contribution in [0.4, 0.5) is 0 Å². The first-order valence-corrected chi connectivity index (χ1v) is 10.0. The summed E-state index contributed by atoms with van der Waals surface area (Å²) < 4.78 is 5.40. The minimum atomic E-state index is -0.129. The lowest BCUT2D eigenvalue weighted by Gasteiger charge is -2.12. The molecule has 5 nitrogen and oxygen atoms in total. The number of hydrogen-bond donors (Lipinski definition) is 0. The Bertz CT molecular complexity index is 1080. The van der Waals surface area contributed by atoms with E-state index in [0.717, 1.165) is 11.1 Å². The number of nitrogens with zero attached hydrogens (tertiary/aromatic N) is 3. The Morgan fingerprint density at radius 2 is 1.79 bits per heavy atom. The van der Waals surface area contributed by atoms with Gasteiger partial charge in [0.2, 0.25) is 0 Å². The molecule has 2 aromatic carbocycles. The van der Waals surface area contributed by atoms with Crippen molar-refractivity contribution in [1.29, 1.82) is 0 Å². The zero-order valence-corrected chi connectivity index (χ0v) is 16.8. The van der Waals surface area contributed by atoms with Crippen molar-refractivity contribution in [1.82, 2.24) is 4.90 Å². The van der Waals surface area contributed by atoms with E-state index in [1.165, 1.54) is 11.8 Å². The van der Waals surface area contributed by atoms with E-state index in [1.54, 1.807) is 35.6 Å². The molecule has 0 saturated carbocycles. The average molecular weight is 422 g/mol. The Morgan fingerprint density at radius 3 is 2.52 bits per heavy atom. The predicted molar refractivity (Wildman–Crippen MR) is 118 cm³/mol. The lowest BCUT2D eigenvalue weighted by Crippen LogP contribution is -2.28. The molecule has 1 aliphatic heterocycles. The predicted octanol–water partition coefficient (Wildman–Crippen LogP) is 5.44. The van der Waals surface area contributed by atoms with Crippen LogP contribution in [0.25, 0.3) is 6.08 Å². The second-order valence-electron chi connectivity index (χ2n) is 6.17. The van der Waals surface area contributed by atoms with Crippen LogP contribution in [0.15, 0.2) is 92.5 Å². The van der Waals surface area contributed by atoms with Crippen LogP contribution in [-0.4, -0.2) is 22.2 Å². The first-order chi connectivity index (χ1) is 14.2. The highest BCUT2D eigenvalue weighted by Gasteiger charge is 2.34. The van der Waals surface area contributed by atoms with Crippen LogP contribution in [0.5, 0.6) is 0 Å². The number of halogens is 1. The highest BCUT2D eigenvalue weighted by Crippen LogP contribution is 2.33. The maximum absolute atomic E-state index is 13.0. The number of thioether (sulfide) groups is 1. The smallest absolute Gasteiger partial charge is 0.267 e. The molecule has 2 heterocycles. The summed E-state index contributed by atoms with van der Waals surface area (Å²) in [7, 11) is 0. The highest BCUT2D eigenvalue weighted by atomic mass is 35.5. The molecule has 0 atom stereocenters. The molecule has 1 fully saturated rings. The van der Waals surface area contributed by atoms with Crippen molar-refractivity contribution in [3.05, 3.63) is 99.8 Å². The van der Waals surface area contributed by atoms with Crippen LogP contribution in [0, 0.1) is 0 Å². The molecular formula is C22H16ClN3O2S. The van der Waals surface area contributed by atoms with Gasteiger partial charge in [0.05, 0.1) is 23.9 Å². The fraction of sp³-hybridized carbons (Fsp3) is 0.0455. The van der Waals surface area contributed by atoms with E-state index in [4.69, 9.17) is 16.0 Å². The average Bonchev–Trinajstić information content (AvgIpc) is 3.35. The molecule has 144 valence electrons. The zero-order chi connectivity index (χ0) is 20.1. The summed E-state index contributed by atoms with van der Waals surface area (Å²) >= 11 is 7.19. The molecule has 1 amide bonds. The van der Waals surface area contributed by atoms with Gasteiger partial charge in [0.25, 0.3) is 5.91 Å². The third kappa shape index (κ3) is 4.85. The number of benzene rings is 2. The van der Waals surface area contributed by atoms with Gasteiger partial charge >= 0.3 is 0 Å². The highest BCUT2D eigenvalue weighted by molar-refractivity contribution is 8.18. The summed E-state index contributed by atoms with van der Waals surface area (Å²) in [6, 6.07) is 20.6. The van der Waals surface area contributed by atoms with Gasteiger partial charge in [-0.25, -0.2) is 0 Å². The largest absolute Gasteiger partial charge is 0.467 e. The fourth-order valence-electron chi connectivity index (χ4n) is 2.67. The van der Waals surface area contributed by atoms with Crippen LogP contribution in [-0.2, 0) is 11.3 Å². The number of amides is 1. The molecule has 0 aliphatic carbocycles. The number of carbonyl (C=O) groups is 1. The van der Waals surface area contributed by atoms with E-state index in [2.05, 4.69) is 10.2 Å². The number of carbonyl (C=O) groups excluding carboxylic acids is 1. The van der Waals surface area contributed by atoms with Crippen LogP contribution < -0.4 is 0 Å². The number of hydrogen-bond acceptors (Lipinski definition) is 5. The molecule has 1 saturated heterocycles. The minimum Gasteiger partial charge on any atom is -0.467 e. The Labute approximate surface area is 177 Å². The van der Waals surface area contributed by atoms with Gasteiger partial charge in [0, 0.05) is 5.02 Å². The Morgan fingerprint density at radius 1 is 1.00 bits per heavy atom. The molecule has 0 N–H and O–H groups in total. The van der Waals surface area contributed by atoms with Crippen LogP contribution in [0.1, 0.15) is 16.9 Å². The maximum atomic E-state index is 13.0. The summed E-state index contributed by atoms with van der Waals surface area (Å²) in [5.74, 6) is 0.546. The van der Waals surface area contributed by atoms with Crippen molar-refractivity contribution in [2.75, 3.05) is 0 Å². The topological polar surface area (TPSA) is 58.2 Å². The summed E-state index contributed by atoms with van der Waals surface area (Å²) in [4.78, 5) is 15.1. The van der Waals surface area contributed by atoms with Gasteiger partial charge in [0.1, 0.15) is 5.76 Å². The molecule has 4 rings (SSSR count). The molecule has 1 aliphatic rings. The zero-order valence-electron chi connectivity index (χ0n) is 15.2. The van der Waals surface area contributed by atoms with Crippen molar-refractivity contribution in [3.63, 3.8) is 0 Å². The van der Waals surface area contributed by atoms with Crippen molar-refractivity contribution < 1.29 is 9.21 Å². The summed E-state index contributed by atoms with van der Waals surface area (Å²) in [5.41, 5.74) is 1.82. The van der Waals surface area contributed by atoms with Gasteiger partial charge in [-0.05, 0) is 53.2 Å². The molecule has 0 spiro atoms. The maximum Gasteiger partial charge on any atom is 0.267 e. The van der Waals surface area contributed by atoms with Gasteiger partial charge in [-0.15, -0.1) is 5.10 Å². The minimum absolute atomic E-state index is 0.129. The van der Waals surface area contributed by atoms with Gasteiger partial charge < -0.3 is 4.42 Å². The number of rotatable bonds is 5. The van der Waals surface area contributed by atoms with E-state index < -0.39 is 0 Å². The fourth-order valence-corrected chi connectivity index (χ4v) is 3.74. The second kappa shape index (κ2) is 8.94. The first-order valence-electron chi connectivity index (χ1n) is 8.84. The third-order valence-corrected chi connectivity index (χ3v) is 5.35. The van der Waals surface area contributed by atoms with E-state index in [1.807, 2.05) is 54.6 Å². The molecule has 7 heteroatoms. The van der Waals surface area contributed by atoms with E-state index >= 15 is 0 Å². The quantitative estimate of drug-likeness (QED) is 0.313. The van der Waals surface area contributed by atoms with E-state index in [-0.39, 0.29) is 5.91 Å². The van der Waals surface area contributed by atoms with Gasteiger partial charge in [0.15, 0.2) is 5.17 Å². The molecule has 29 heavy (non-hydrogen) atoms. The summed E-state index contributed by atoms with van der Waals surface area (Å²) in [5, 5.41) is 9.60. The lowest BCUT2D eigenvalue weighted by atomic mass is 10.2. The number of amidine groups is 1. The molecule has 0 bridgehead atoms. The first kappa shape index (κ1) is 19.2. The monoisotopic (exact) mass is 421 g/mol. The summed E-state index contributed by atoms with van der Waals surface area (Å²) in [6.45, 7) is 0.292. The van der Waals surface area contributed by atoms with Crippen LogP contribution in [0.3, 0.4) is 0 Å². The van der Waals surface area contributed by atoms with E-state index in [9.17, 15) is 4.79 Å². The van der Waals surface area contributed by atoms with Crippen molar-refractivity contribution in [2.45, 2.75) is 6.54 Å². The normalized spacial score (nSPS) is 17.1. The SMILES string of the molecule is O=C1/C(=C/c2ccccc2)S/C(=N\N=C\c2ccc(Cl)cc2)N1Cc1ccco1. The summed E-state index contributed by atoms with van der Waals surface area (Å²) in [6.07, 6.45) is 5.06. The standard InChI is InChI=1S/C22H16ClN3O2S/c23-18-10-8-17(9-11-18)14-24-25-22-26(15-19-7-4-12-28-19)21(27)20(29-22)13-16-5-2-1-3-6-16/h1-14H,15H2/b20-13-,24-14+,25-22-. The van der Waals surface area contributed by atoms with Gasteiger partial charge in [-0.2, -0.15) is 5.10 Å². The van der Waals surface area contributed by atoms with Crippen molar-refractivity contribution in [2.24, 2.45) is 10.2 Å². The molecule has 0 radical (unpaired) electrons. The Kier molecular flexibility index (Phi) is 5.93. The van der Waals surface area contributed by atoms with Crippen LogP contribution >= 0.6 is 23.4 Å². The third-order valence-electron chi connectivity index (χ3n) is 4.10. The second-order valence-corrected chi connectivity index (χ2v) is 7.62. The van der Waals surface area contributed by atoms with Gasteiger partial charge in [-0.1, -0.05) is 54.1 Å². The Hall–Kier alpha value is -3.09. The molecule has 3 aromatic rings. The van der Waals surface area contributed by atoms with Crippen LogP contribution in [0.2, 0.25) is 5.02 Å². The van der Waals surface area contributed by atoms with Crippen molar-refractivity contribution in [3.8, 4) is 0 Å². The van der Waals surface area contributed by atoms with Crippen molar-refractivity contribution >= 4 is 46.7 Å². The number of furan rings is 1. The molecule has 1 aromatic heterocycles.